The van der Waals surface area contributed by atoms with E-state index in [4.69, 9.17) is 4.74 Å². The van der Waals surface area contributed by atoms with Gasteiger partial charge in [0.2, 0.25) is 0 Å². The van der Waals surface area contributed by atoms with Crippen LogP contribution in [0.25, 0.3) is 0 Å². The van der Waals surface area contributed by atoms with Gasteiger partial charge in [-0.25, -0.2) is 4.79 Å². The summed E-state index contributed by atoms with van der Waals surface area (Å²) >= 11 is 0. The van der Waals surface area contributed by atoms with Gasteiger partial charge in [0.1, 0.15) is 6.04 Å². The highest BCUT2D eigenvalue weighted by Crippen LogP contribution is 2.18. The molecule has 0 saturated carbocycles. The summed E-state index contributed by atoms with van der Waals surface area (Å²) in [5.74, 6) is -0.752. The molecule has 7 heteroatoms. The number of pyridine rings is 1. The minimum absolute atomic E-state index is 0.0995. The number of aryl methyl sites for hydroxylation is 1. The summed E-state index contributed by atoms with van der Waals surface area (Å²) in [6.45, 7) is 2.16. The Balaban J connectivity index is 2.85. The quantitative estimate of drug-likeness (QED) is 0.837. The smallest absolute Gasteiger partial charge is 0.401 e. The van der Waals surface area contributed by atoms with Gasteiger partial charge in [0.25, 0.3) is 0 Å². The first kappa shape index (κ1) is 15.4. The van der Waals surface area contributed by atoms with E-state index in [-0.39, 0.29) is 6.61 Å². The summed E-state index contributed by atoms with van der Waals surface area (Å²) in [6, 6.07) is 2.00. The van der Waals surface area contributed by atoms with E-state index >= 15 is 0 Å². The lowest BCUT2D eigenvalue weighted by Crippen LogP contribution is -2.37. The Morgan fingerprint density at radius 1 is 1.47 bits per heavy atom. The van der Waals surface area contributed by atoms with E-state index in [1.807, 2.05) is 0 Å². The molecular formula is C12H15F3N2O2. The molecule has 0 spiro atoms. The molecule has 4 nitrogen and oxygen atoms in total. The molecule has 0 aliphatic carbocycles. The van der Waals surface area contributed by atoms with Crippen LogP contribution in [0.5, 0.6) is 0 Å². The van der Waals surface area contributed by atoms with E-state index in [0.29, 0.717) is 11.3 Å². The Hall–Kier alpha value is -1.63. The molecule has 1 aromatic heterocycles. The zero-order chi connectivity index (χ0) is 14.5. The second-order valence-electron chi connectivity index (χ2n) is 3.91. The second-order valence-corrected chi connectivity index (χ2v) is 3.91. The molecule has 1 atom stereocenters. The third-order valence-electron chi connectivity index (χ3n) is 2.30. The summed E-state index contributed by atoms with van der Waals surface area (Å²) in [5.41, 5.74) is 1.05. The number of hydrogen-bond acceptors (Lipinski definition) is 4. The van der Waals surface area contributed by atoms with Gasteiger partial charge in [-0.2, -0.15) is 13.2 Å². The van der Waals surface area contributed by atoms with E-state index in [1.165, 1.54) is 6.20 Å². The van der Waals surface area contributed by atoms with Crippen molar-refractivity contribution in [3.63, 3.8) is 0 Å². The molecule has 0 aromatic carbocycles. The van der Waals surface area contributed by atoms with Crippen molar-refractivity contribution in [3.8, 4) is 0 Å². The van der Waals surface area contributed by atoms with Gasteiger partial charge < -0.3 is 4.74 Å². The third-order valence-corrected chi connectivity index (χ3v) is 2.30. The van der Waals surface area contributed by atoms with Gasteiger partial charge >= 0.3 is 12.1 Å². The summed E-state index contributed by atoms with van der Waals surface area (Å²) in [6.07, 6.45) is -3.04. The average Bonchev–Trinajstić information content (AvgIpc) is 2.30. The van der Waals surface area contributed by atoms with Crippen LogP contribution in [0, 0.1) is 6.92 Å². The number of halogens is 3. The van der Waals surface area contributed by atoms with Crippen molar-refractivity contribution in [1.29, 1.82) is 0 Å². The van der Waals surface area contributed by atoms with E-state index in [0.717, 1.165) is 0 Å². The lowest BCUT2D eigenvalue weighted by molar-refractivity contribution is -0.149. The molecule has 1 heterocycles. The van der Waals surface area contributed by atoms with Gasteiger partial charge in [0.15, 0.2) is 0 Å². The van der Waals surface area contributed by atoms with Crippen LogP contribution >= 0.6 is 0 Å². The van der Waals surface area contributed by atoms with Crippen molar-refractivity contribution in [2.45, 2.75) is 26.1 Å². The van der Waals surface area contributed by atoms with E-state index in [2.05, 4.69) is 10.3 Å². The number of nitrogens with zero attached hydrogens (tertiary/aromatic N) is 1. The molecule has 0 aliphatic heterocycles. The summed E-state index contributed by atoms with van der Waals surface area (Å²) in [7, 11) is 0. The van der Waals surface area contributed by atoms with Crippen LogP contribution in [0.1, 0.15) is 24.2 Å². The molecule has 0 radical (unpaired) electrons. The zero-order valence-electron chi connectivity index (χ0n) is 10.6. The van der Waals surface area contributed by atoms with Crippen molar-refractivity contribution in [3.05, 3.63) is 29.6 Å². The summed E-state index contributed by atoms with van der Waals surface area (Å²) < 4.78 is 41.4. The first-order valence-corrected chi connectivity index (χ1v) is 5.73. The van der Waals surface area contributed by atoms with Crippen LogP contribution in [0.15, 0.2) is 18.3 Å². The first-order valence-electron chi connectivity index (χ1n) is 5.73. The number of alkyl halides is 3. The SMILES string of the molecule is CCOC(=O)C(NCC(F)(F)F)c1ccc(C)nc1. The molecule has 0 saturated heterocycles. The number of carbonyl (C=O) groups is 1. The largest absolute Gasteiger partial charge is 0.465 e. The number of rotatable bonds is 5. The molecule has 0 aliphatic rings. The highest BCUT2D eigenvalue weighted by atomic mass is 19.4. The van der Waals surface area contributed by atoms with Gasteiger partial charge in [-0.3, -0.25) is 10.3 Å². The van der Waals surface area contributed by atoms with Crippen molar-refractivity contribution in [2.24, 2.45) is 0 Å². The fraction of sp³-hybridized carbons (Fsp3) is 0.500. The van der Waals surface area contributed by atoms with Crippen LogP contribution in [0.2, 0.25) is 0 Å². The predicted octanol–water partition coefficient (Wildman–Crippen LogP) is 2.15. The number of hydrogen-bond donors (Lipinski definition) is 1. The minimum Gasteiger partial charge on any atom is -0.465 e. The Morgan fingerprint density at radius 3 is 2.63 bits per heavy atom. The zero-order valence-corrected chi connectivity index (χ0v) is 10.6. The molecule has 0 fully saturated rings. The van der Waals surface area contributed by atoms with Gasteiger partial charge in [-0.1, -0.05) is 6.07 Å². The molecule has 106 valence electrons. The standard InChI is InChI=1S/C12H15F3N2O2/c1-3-19-11(18)10(17-7-12(13,14)15)9-5-4-8(2)16-6-9/h4-6,10,17H,3,7H2,1-2H3. The number of ether oxygens (including phenoxy) is 1. The molecule has 1 unspecified atom stereocenters. The van der Waals surface area contributed by atoms with E-state index < -0.39 is 24.7 Å². The van der Waals surface area contributed by atoms with Gasteiger partial charge in [0.05, 0.1) is 13.2 Å². The predicted molar refractivity (Wildman–Crippen MR) is 62.4 cm³/mol. The van der Waals surface area contributed by atoms with E-state index in [9.17, 15) is 18.0 Å². The van der Waals surface area contributed by atoms with Gasteiger partial charge in [0, 0.05) is 11.9 Å². The van der Waals surface area contributed by atoms with Crippen LogP contribution in [-0.4, -0.2) is 30.3 Å². The lowest BCUT2D eigenvalue weighted by atomic mass is 10.1. The van der Waals surface area contributed by atoms with Crippen LogP contribution in [0.3, 0.4) is 0 Å². The molecule has 1 rings (SSSR count). The van der Waals surface area contributed by atoms with Crippen LogP contribution < -0.4 is 5.32 Å². The molecule has 0 bridgehead atoms. The summed E-state index contributed by atoms with van der Waals surface area (Å²) in [4.78, 5) is 15.6. The maximum absolute atomic E-state index is 12.2. The summed E-state index contributed by atoms with van der Waals surface area (Å²) in [5, 5.41) is 2.14. The molecule has 0 amide bonds. The minimum atomic E-state index is -4.40. The first-order chi connectivity index (χ1) is 8.83. The Bertz CT molecular complexity index is 418. The van der Waals surface area contributed by atoms with Crippen molar-refractivity contribution < 1.29 is 22.7 Å². The number of nitrogens with one attached hydrogen (secondary N) is 1. The Kier molecular flexibility index (Phi) is 5.29. The molecular weight excluding hydrogens is 261 g/mol. The van der Waals surface area contributed by atoms with Crippen molar-refractivity contribution in [2.75, 3.05) is 13.2 Å². The average molecular weight is 276 g/mol. The second kappa shape index (κ2) is 6.51. The van der Waals surface area contributed by atoms with E-state index in [1.54, 1.807) is 26.0 Å². The Morgan fingerprint density at radius 2 is 2.16 bits per heavy atom. The van der Waals surface area contributed by atoms with Gasteiger partial charge in [-0.05, 0) is 25.5 Å². The Labute approximate surface area is 109 Å². The third kappa shape index (κ3) is 5.25. The maximum atomic E-state index is 12.2. The number of esters is 1. The lowest BCUT2D eigenvalue weighted by Gasteiger charge is -2.18. The number of carbonyl (C=O) groups excluding carboxylic acids is 1. The highest BCUT2D eigenvalue weighted by Gasteiger charge is 2.31. The van der Waals surface area contributed by atoms with Crippen LogP contribution in [0.4, 0.5) is 13.2 Å². The fourth-order valence-corrected chi connectivity index (χ4v) is 1.43. The van der Waals surface area contributed by atoms with Gasteiger partial charge in [-0.15, -0.1) is 0 Å². The molecule has 19 heavy (non-hydrogen) atoms. The fourth-order valence-electron chi connectivity index (χ4n) is 1.43. The van der Waals surface area contributed by atoms with Crippen molar-refractivity contribution >= 4 is 5.97 Å². The number of aromatic nitrogens is 1. The normalized spacial score (nSPS) is 13.1. The monoisotopic (exact) mass is 276 g/mol. The highest BCUT2D eigenvalue weighted by molar-refractivity contribution is 5.77. The molecule has 1 aromatic rings. The molecule has 1 N–H and O–H groups in total. The maximum Gasteiger partial charge on any atom is 0.401 e. The van der Waals surface area contributed by atoms with Crippen LogP contribution in [-0.2, 0) is 9.53 Å². The van der Waals surface area contributed by atoms with Crippen molar-refractivity contribution in [1.82, 2.24) is 10.3 Å². The topological polar surface area (TPSA) is 51.2 Å².